The van der Waals surface area contributed by atoms with Crippen LogP contribution in [0.15, 0.2) is 107 Å². The quantitative estimate of drug-likeness (QED) is 0.298. The van der Waals surface area contributed by atoms with Gasteiger partial charge in [0.15, 0.2) is 11.6 Å². The lowest BCUT2D eigenvalue weighted by Gasteiger charge is -2.09. The number of anilines is 1. The number of nitrogens with zero attached hydrogens (tertiary/aromatic N) is 4. The first-order valence-electron chi connectivity index (χ1n) is 10.8. The Bertz CT molecular complexity index is 1430. The Kier molecular flexibility index (Phi) is 6.42. The van der Waals surface area contributed by atoms with E-state index in [1.807, 2.05) is 91.0 Å². The van der Waals surface area contributed by atoms with E-state index in [0.29, 0.717) is 22.5 Å². The van der Waals surface area contributed by atoms with Crippen molar-refractivity contribution in [2.45, 2.75) is 5.22 Å². The smallest absolute Gasteiger partial charge is 0.257 e. The molecule has 5 aromatic rings. The van der Waals surface area contributed by atoms with Gasteiger partial charge in [-0.3, -0.25) is 4.79 Å². The van der Waals surface area contributed by atoms with Crippen LogP contribution < -0.4 is 5.32 Å². The average molecular weight is 478 g/mol. The van der Waals surface area contributed by atoms with Gasteiger partial charge in [-0.2, -0.15) is 10.4 Å². The summed E-state index contributed by atoms with van der Waals surface area (Å²) in [7, 11) is 0. The Balaban J connectivity index is 1.36. The second-order valence-corrected chi connectivity index (χ2v) is 8.42. The zero-order chi connectivity index (χ0) is 24.0. The number of rotatable bonds is 7. The molecule has 0 atom stereocenters. The third kappa shape index (κ3) is 4.86. The summed E-state index contributed by atoms with van der Waals surface area (Å²) in [5.74, 6) is 0.721. The van der Waals surface area contributed by atoms with Crippen molar-refractivity contribution >= 4 is 23.5 Å². The van der Waals surface area contributed by atoms with Crippen LogP contribution in [0.25, 0.3) is 28.3 Å². The lowest BCUT2D eigenvalue weighted by atomic mass is 10.1. The molecule has 0 radical (unpaired) electrons. The summed E-state index contributed by atoms with van der Waals surface area (Å²) < 4.78 is 7.62. The van der Waals surface area contributed by atoms with E-state index in [1.165, 1.54) is 22.6 Å². The minimum atomic E-state index is -0.301. The highest BCUT2D eigenvalue weighted by Gasteiger charge is 2.19. The average Bonchev–Trinajstić information content (AvgIpc) is 3.53. The summed E-state index contributed by atoms with van der Waals surface area (Å²) in [5.41, 5.74) is 3.57. The van der Waals surface area contributed by atoms with Gasteiger partial charge in [0.1, 0.15) is 17.3 Å². The lowest BCUT2D eigenvalue weighted by Crippen LogP contribution is -2.17. The summed E-state index contributed by atoms with van der Waals surface area (Å²) in [6, 6.07) is 30.9. The van der Waals surface area contributed by atoms with Gasteiger partial charge >= 0.3 is 0 Å². The molecule has 0 fully saturated rings. The minimum Gasteiger partial charge on any atom is -0.431 e. The fourth-order valence-corrected chi connectivity index (χ4v) is 4.17. The summed E-state index contributed by atoms with van der Waals surface area (Å²) in [5, 5.41) is 16.9. The van der Waals surface area contributed by atoms with Crippen LogP contribution in [0.5, 0.6) is 0 Å². The molecular formula is C27H19N5O2S. The predicted octanol–water partition coefficient (Wildman–Crippen LogP) is 5.80. The van der Waals surface area contributed by atoms with E-state index >= 15 is 0 Å². The van der Waals surface area contributed by atoms with Crippen molar-refractivity contribution in [1.82, 2.24) is 14.8 Å². The largest absolute Gasteiger partial charge is 0.431 e. The number of thioether (sulfide) groups is 1. The molecule has 0 aliphatic heterocycles. The van der Waals surface area contributed by atoms with Crippen molar-refractivity contribution in [2.24, 2.45) is 0 Å². The Morgan fingerprint density at radius 2 is 1.57 bits per heavy atom. The molecular weight excluding hydrogens is 458 g/mol. The van der Waals surface area contributed by atoms with Crippen LogP contribution >= 0.6 is 11.8 Å². The molecule has 5 rings (SSSR count). The molecule has 0 aliphatic rings. The van der Waals surface area contributed by atoms with Crippen LogP contribution in [0.3, 0.4) is 0 Å². The maximum absolute atomic E-state index is 12.8. The zero-order valence-electron chi connectivity index (χ0n) is 18.5. The van der Waals surface area contributed by atoms with E-state index in [4.69, 9.17) is 4.42 Å². The molecule has 35 heavy (non-hydrogen) atoms. The summed E-state index contributed by atoms with van der Waals surface area (Å²) >= 11 is 1.19. The van der Waals surface area contributed by atoms with Crippen molar-refractivity contribution in [3.05, 3.63) is 103 Å². The van der Waals surface area contributed by atoms with Gasteiger partial charge in [-0.1, -0.05) is 90.6 Å². The van der Waals surface area contributed by atoms with Gasteiger partial charge in [-0.05, 0) is 12.1 Å². The minimum absolute atomic E-state index is 0.0494. The third-order valence-electron chi connectivity index (χ3n) is 5.17. The van der Waals surface area contributed by atoms with Crippen LogP contribution in [0.2, 0.25) is 0 Å². The fourth-order valence-electron chi connectivity index (χ4n) is 3.55. The van der Waals surface area contributed by atoms with Gasteiger partial charge in [-0.25, -0.2) is 9.67 Å². The van der Waals surface area contributed by atoms with Crippen LogP contribution in [-0.2, 0) is 4.79 Å². The van der Waals surface area contributed by atoms with Crippen LogP contribution in [-0.4, -0.2) is 26.4 Å². The normalized spacial score (nSPS) is 10.6. The topological polar surface area (TPSA) is 96.7 Å². The number of nitrogens with one attached hydrogen (secondary N) is 1. The molecule has 7 nitrogen and oxygen atoms in total. The maximum atomic E-state index is 12.8. The Morgan fingerprint density at radius 1 is 0.943 bits per heavy atom. The van der Waals surface area contributed by atoms with Gasteiger partial charge in [0.25, 0.3) is 5.22 Å². The second-order valence-electron chi connectivity index (χ2n) is 7.49. The molecule has 8 heteroatoms. The zero-order valence-corrected chi connectivity index (χ0v) is 19.3. The molecule has 2 heterocycles. The summed E-state index contributed by atoms with van der Waals surface area (Å²) in [6.45, 7) is 0. The van der Waals surface area contributed by atoms with Crippen molar-refractivity contribution < 1.29 is 9.21 Å². The number of benzene rings is 3. The SMILES string of the molecule is N#Cc1cnn(-c2ccccc2)c1NC(=O)CSc1nc(-c2ccccc2)c(-c2ccccc2)o1. The number of carbonyl (C=O) groups is 1. The number of para-hydroxylation sites is 1. The van der Waals surface area contributed by atoms with Crippen molar-refractivity contribution in [2.75, 3.05) is 11.1 Å². The van der Waals surface area contributed by atoms with Gasteiger partial charge in [0.05, 0.1) is 17.6 Å². The standard InChI is InChI=1S/C27H19N5O2S/c28-16-21-17-29-32(22-14-8-3-9-15-22)26(21)30-23(33)18-35-27-31-24(19-10-4-1-5-11-19)25(34-27)20-12-6-2-7-13-20/h1-15,17H,18H2,(H,30,33). The summed E-state index contributed by atoms with van der Waals surface area (Å²) in [6.07, 6.45) is 1.43. The molecule has 3 aromatic carbocycles. The number of hydrogen-bond donors (Lipinski definition) is 1. The van der Waals surface area contributed by atoms with Crippen LogP contribution in [0.4, 0.5) is 5.82 Å². The molecule has 0 unspecified atom stereocenters. The van der Waals surface area contributed by atoms with E-state index < -0.39 is 0 Å². The number of hydrogen-bond acceptors (Lipinski definition) is 6. The first-order chi connectivity index (χ1) is 17.2. The molecule has 0 saturated carbocycles. The Labute approximate surface area is 206 Å². The van der Waals surface area contributed by atoms with E-state index in [1.54, 1.807) is 0 Å². The van der Waals surface area contributed by atoms with Crippen molar-refractivity contribution in [3.8, 4) is 34.3 Å². The monoisotopic (exact) mass is 477 g/mol. The molecule has 0 spiro atoms. The van der Waals surface area contributed by atoms with Gasteiger partial charge < -0.3 is 9.73 Å². The number of oxazole rings is 1. The Morgan fingerprint density at radius 3 is 2.23 bits per heavy atom. The maximum Gasteiger partial charge on any atom is 0.257 e. The molecule has 0 saturated heterocycles. The van der Waals surface area contributed by atoms with Crippen molar-refractivity contribution in [1.29, 1.82) is 5.26 Å². The van der Waals surface area contributed by atoms with E-state index in [0.717, 1.165) is 16.8 Å². The molecule has 170 valence electrons. The number of nitriles is 1. The molecule has 1 amide bonds. The highest BCUT2D eigenvalue weighted by Crippen LogP contribution is 2.35. The number of aromatic nitrogens is 3. The first-order valence-corrected chi connectivity index (χ1v) is 11.8. The number of amides is 1. The molecule has 0 aliphatic carbocycles. The van der Waals surface area contributed by atoms with Gasteiger partial charge in [-0.15, -0.1) is 0 Å². The van der Waals surface area contributed by atoms with E-state index in [-0.39, 0.29) is 17.2 Å². The highest BCUT2D eigenvalue weighted by atomic mass is 32.2. The molecule has 0 bridgehead atoms. The number of carbonyl (C=O) groups excluding carboxylic acids is 1. The van der Waals surface area contributed by atoms with E-state index in [9.17, 15) is 10.1 Å². The van der Waals surface area contributed by atoms with Gasteiger partial charge in [0, 0.05) is 11.1 Å². The fraction of sp³-hybridized carbons (Fsp3) is 0.0370. The van der Waals surface area contributed by atoms with E-state index in [2.05, 4.69) is 21.5 Å². The summed E-state index contributed by atoms with van der Waals surface area (Å²) in [4.78, 5) is 17.5. The molecule has 1 N–H and O–H groups in total. The lowest BCUT2D eigenvalue weighted by molar-refractivity contribution is -0.113. The Hall–Kier alpha value is -4.61. The van der Waals surface area contributed by atoms with Crippen molar-refractivity contribution in [3.63, 3.8) is 0 Å². The third-order valence-corrected chi connectivity index (χ3v) is 5.99. The predicted molar refractivity (Wildman–Crippen MR) is 135 cm³/mol. The van der Waals surface area contributed by atoms with Gasteiger partial charge in [0.2, 0.25) is 5.91 Å². The molecule has 2 aromatic heterocycles. The van der Waals surface area contributed by atoms with Crippen LogP contribution in [0.1, 0.15) is 5.56 Å². The van der Waals surface area contributed by atoms with Crippen LogP contribution in [0, 0.1) is 11.3 Å². The second kappa shape index (κ2) is 10.1. The highest BCUT2D eigenvalue weighted by molar-refractivity contribution is 7.99. The first kappa shape index (κ1) is 22.2.